The van der Waals surface area contributed by atoms with E-state index in [0.29, 0.717) is 35.7 Å². The van der Waals surface area contributed by atoms with Crippen molar-refractivity contribution in [3.05, 3.63) is 34.3 Å². The summed E-state index contributed by atoms with van der Waals surface area (Å²) in [5.41, 5.74) is -0.0799. The maximum atomic E-state index is 14.2. The molecule has 0 unspecified atom stereocenters. The van der Waals surface area contributed by atoms with Crippen LogP contribution in [0, 0.1) is 0 Å². The van der Waals surface area contributed by atoms with E-state index >= 15 is 0 Å². The fourth-order valence-corrected chi connectivity index (χ4v) is 5.28. The molecule has 1 N–H and O–H groups in total. The molecule has 228 valence electrons. The van der Waals surface area contributed by atoms with Gasteiger partial charge in [0, 0.05) is 30.7 Å². The first-order valence-electron chi connectivity index (χ1n) is 14.4. The number of hydrogen-bond acceptors (Lipinski definition) is 6. The van der Waals surface area contributed by atoms with Gasteiger partial charge in [-0.05, 0) is 104 Å². The van der Waals surface area contributed by atoms with E-state index in [2.05, 4.69) is 5.32 Å². The first kappa shape index (κ1) is 32.5. The van der Waals surface area contributed by atoms with Crippen LogP contribution >= 0.6 is 11.6 Å². The van der Waals surface area contributed by atoms with Gasteiger partial charge < -0.3 is 19.7 Å². The van der Waals surface area contributed by atoms with Crippen molar-refractivity contribution in [1.82, 2.24) is 20.0 Å². The zero-order valence-corrected chi connectivity index (χ0v) is 26.2. The first-order valence-corrected chi connectivity index (χ1v) is 14.8. The molecule has 1 aromatic rings. The zero-order chi connectivity index (χ0) is 30.5. The number of hydrogen-bond donors (Lipinski definition) is 1. The lowest BCUT2D eigenvalue weighted by Gasteiger charge is -2.39. The quantitative estimate of drug-likeness (QED) is 0.443. The number of likely N-dealkylation sites (tertiary alicyclic amines) is 2. The van der Waals surface area contributed by atoms with Crippen molar-refractivity contribution in [3.8, 4) is 0 Å². The molecular weight excluding hydrogens is 548 g/mol. The van der Waals surface area contributed by atoms with E-state index in [4.69, 9.17) is 21.1 Å². The number of ether oxygens (including phenoxy) is 2. The highest BCUT2D eigenvalue weighted by Crippen LogP contribution is 2.27. The van der Waals surface area contributed by atoms with E-state index in [0.717, 1.165) is 25.7 Å². The van der Waals surface area contributed by atoms with Gasteiger partial charge in [0.05, 0.1) is 6.54 Å². The van der Waals surface area contributed by atoms with Crippen LogP contribution in [0.3, 0.4) is 0 Å². The predicted octanol–water partition coefficient (Wildman–Crippen LogP) is 6.09. The third kappa shape index (κ3) is 9.24. The molecule has 41 heavy (non-hydrogen) atoms. The van der Waals surface area contributed by atoms with Crippen LogP contribution in [0.2, 0.25) is 5.02 Å². The van der Waals surface area contributed by atoms with Gasteiger partial charge in [-0.1, -0.05) is 17.7 Å². The Bertz CT molecular complexity index is 1130. The van der Waals surface area contributed by atoms with Crippen LogP contribution in [0.25, 0.3) is 0 Å². The van der Waals surface area contributed by atoms with Crippen LogP contribution < -0.4 is 5.32 Å². The number of carbonyl (C=O) groups is 4. The molecule has 5 amide bonds. The minimum Gasteiger partial charge on any atom is -0.444 e. The summed E-state index contributed by atoms with van der Waals surface area (Å²) in [6.45, 7) is 13.6. The lowest BCUT2D eigenvalue weighted by molar-refractivity contribution is -0.136. The third-order valence-corrected chi connectivity index (χ3v) is 7.27. The van der Waals surface area contributed by atoms with Gasteiger partial charge >= 0.3 is 18.2 Å². The topological polar surface area (TPSA) is 108 Å². The van der Waals surface area contributed by atoms with Crippen molar-refractivity contribution in [3.63, 3.8) is 0 Å². The van der Waals surface area contributed by atoms with Crippen LogP contribution in [-0.4, -0.2) is 75.2 Å². The van der Waals surface area contributed by atoms with Gasteiger partial charge in [-0.25, -0.2) is 14.4 Å². The zero-order valence-electron chi connectivity index (χ0n) is 25.4. The van der Waals surface area contributed by atoms with E-state index in [1.807, 2.05) is 6.92 Å². The summed E-state index contributed by atoms with van der Waals surface area (Å²) in [6.07, 6.45) is 2.48. The molecule has 2 atom stereocenters. The highest BCUT2D eigenvalue weighted by atomic mass is 35.5. The number of amides is 5. The molecule has 0 aliphatic carbocycles. The first-order chi connectivity index (χ1) is 19.1. The fraction of sp³-hybridized carbons (Fsp3) is 0.667. The molecule has 2 aliphatic heterocycles. The van der Waals surface area contributed by atoms with E-state index < -0.39 is 41.4 Å². The number of alkyl carbamates (subject to hydrolysis) is 1. The summed E-state index contributed by atoms with van der Waals surface area (Å²) >= 11 is 6.35. The van der Waals surface area contributed by atoms with Gasteiger partial charge in [0.2, 0.25) is 0 Å². The molecule has 2 fully saturated rings. The summed E-state index contributed by atoms with van der Waals surface area (Å²) in [5.74, 6) is -0.453. The van der Waals surface area contributed by atoms with Crippen molar-refractivity contribution in [1.29, 1.82) is 0 Å². The van der Waals surface area contributed by atoms with Gasteiger partial charge in [0.1, 0.15) is 17.2 Å². The average molecular weight is 593 g/mol. The fourth-order valence-electron chi connectivity index (χ4n) is 5.09. The van der Waals surface area contributed by atoms with Crippen molar-refractivity contribution in [2.45, 2.75) is 117 Å². The Morgan fingerprint density at radius 2 is 1.59 bits per heavy atom. The second-order valence-electron chi connectivity index (χ2n) is 12.8. The van der Waals surface area contributed by atoms with Gasteiger partial charge in [0.15, 0.2) is 0 Å². The number of carbonyl (C=O) groups excluding carboxylic acids is 4. The average Bonchev–Trinajstić information content (AvgIpc) is 3.29. The number of benzene rings is 1. The smallest absolute Gasteiger partial charge is 0.410 e. The maximum absolute atomic E-state index is 14.2. The van der Waals surface area contributed by atoms with E-state index in [1.54, 1.807) is 64.6 Å². The van der Waals surface area contributed by atoms with Crippen LogP contribution in [0.1, 0.15) is 91.7 Å². The standard InChI is InChI=1S/C30H45ClN4O6/c1-20-11-10-16-33(20)27(38)35(25(36)24-12-8-9-15-34(24)28(39)41-30(5,6)7)19-22-17-23(31)14-13-21(22)18-32-26(37)40-29(2,3)4/h13-14,17,20,24H,8-12,15-16,18-19H2,1-7H3,(H,32,37)/t20-,24-/m1/s1. The highest BCUT2D eigenvalue weighted by molar-refractivity contribution is 6.30. The number of nitrogens with one attached hydrogen (secondary N) is 1. The molecule has 0 bridgehead atoms. The van der Waals surface area contributed by atoms with E-state index in [9.17, 15) is 19.2 Å². The van der Waals surface area contributed by atoms with Crippen molar-refractivity contribution >= 4 is 35.7 Å². The third-order valence-electron chi connectivity index (χ3n) is 7.03. The number of halogens is 1. The summed E-state index contributed by atoms with van der Waals surface area (Å²) in [5, 5.41) is 3.18. The normalized spacial score (nSPS) is 19.5. The predicted molar refractivity (Wildman–Crippen MR) is 156 cm³/mol. The van der Waals surface area contributed by atoms with E-state index in [1.165, 1.54) is 9.80 Å². The Kier molecular flexibility index (Phi) is 10.6. The van der Waals surface area contributed by atoms with Crippen molar-refractivity contribution in [2.24, 2.45) is 0 Å². The van der Waals surface area contributed by atoms with Gasteiger partial charge in [-0.15, -0.1) is 0 Å². The van der Waals surface area contributed by atoms with Gasteiger partial charge in [-0.3, -0.25) is 14.6 Å². The Labute approximate surface area is 248 Å². The number of nitrogens with zero attached hydrogens (tertiary/aromatic N) is 3. The molecule has 11 heteroatoms. The second-order valence-corrected chi connectivity index (χ2v) is 13.3. The molecule has 0 spiro atoms. The lowest BCUT2D eigenvalue weighted by atomic mass is 10.0. The monoisotopic (exact) mass is 592 g/mol. The van der Waals surface area contributed by atoms with Crippen LogP contribution in [0.15, 0.2) is 18.2 Å². The molecule has 2 heterocycles. The molecular formula is C30H45ClN4O6. The molecule has 2 aliphatic rings. The maximum Gasteiger partial charge on any atom is 0.410 e. The Morgan fingerprint density at radius 1 is 0.927 bits per heavy atom. The van der Waals surface area contributed by atoms with Gasteiger partial charge in [0.25, 0.3) is 5.91 Å². The second kappa shape index (κ2) is 13.3. The van der Waals surface area contributed by atoms with Crippen LogP contribution in [0.4, 0.5) is 14.4 Å². The highest BCUT2D eigenvalue weighted by Gasteiger charge is 2.41. The van der Waals surface area contributed by atoms with Crippen LogP contribution in [-0.2, 0) is 27.4 Å². The Hall–Kier alpha value is -3.01. The van der Waals surface area contributed by atoms with Gasteiger partial charge in [-0.2, -0.15) is 0 Å². The number of piperidine rings is 1. The summed E-state index contributed by atoms with van der Waals surface area (Å²) < 4.78 is 11.0. The SMILES string of the molecule is C[C@@H]1CCCN1C(=O)N(Cc1cc(Cl)ccc1CNC(=O)OC(C)(C)C)C(=O)[C@H]1CCCCN1C(=O)OC(C)(C)C. The van der Waals surface area contributed by atoms with Crippen molar-refractivity contribution < 1.29 is 28.7 Å². The minimum atomic E-state index is -0.831. The lowest BCUT2D eigenvalue weighted by Crippen LogP contribution is -2.57. The minimum absolute atomic E-state index is 0.0150. The summed E-state index contributed by atoms with van der Waals surface area (Å²) in [7, 11) is 0. The van der Waals surface area contributed by atoms with E-state index in [-0.39, 0.29) is 19.1 Å². The molecule has 0 saturated carbocycles. The van der Waals surface area contributed by atoms with Crippen molar-refractivity contribution in [2.75, 3.05) is 13.1 Å². The molecule has 0 aromatic heterocycles. The molecule has 3 rings (SSSR count). The Balaban J connectivity index is 1.92. The molecule has 1 aromatic carbocycles. The largest absolute Gasteiger partial charge is 0.444 e. The molecule has 0 radical (unpaired) electrons. The Morgan fingerprint density at radius 3 is 2.20 bits per heavy atom. The number of urea groups is 1. The number of imide groups is 1. The molecule has 2 saturated heterocycles. The summed E-state index contributed by atoms with van der Waals surface area (Å²) in [6, 6.07) is 3.90. The number of rotatable bonds is 5. The summed E-state index contributed by atoms with van der Waals surface area (Å²) in [4.78, 5) is 58.0. The van der Waals surface area contributed by atoms with Crippen LogP contribution in [0.5, 0.6) is 0 Å². The molecule has 10 nitrogen and oxygen atoms in total.